The number of benzene rings is 1. The van der Waals surface area contributed by atoms with E-state index in [-0.39, 0.29) is 18.2 Å². The molecule has 0 fully saturated rings. The van der Waals surface area contributed by atoms with E-state index in [9.17, 15) is 9.59 Å². The first kappa shape index (κ1) is 13.4. The van der Waals surface area contributed by atoms with E-state index in [1.54, 1.807) is 18.2 Å². The Bertz CT molecular complexity index is 484. The summed E-state index contributed by atoms with van der Waals surface area (Å²) >= 11 is 0. The van der Waals surface area contributed by atoms with Gasteiger partial charge in [0, 0.05) is 12.0 Å². The number of ether oxygens (including phenoxy) is 2. The zero-order chi connectivity index (χ0) is 13.7. The predicted octanol–water partition coefficient (Wildman–Crippen LogP) is 1.56. The molecule has 1 heterocycles. The molecule has 19 heavy (non-hydrogen) atoms. The van der Waals surface area contributed by atoms with Crippen LogP contribution >= 0.6 is 0 Å². The number of fused-ring (bicyclic) bond motifs is 1. The van der Waals surface area contributed by atoms with Gasteiger partial charge in [0.15, 0.2) is 17.3 Å². The second-order valence-electron chi connectivity index (χ2n) is 4.31. The van der Waals surface area contributed by atoms with Gasteiger partial charge < -0.3 is 14.8 Å². The quantitative estimate of drug-likeness (QED) is 0.819. The van der Waals surface area contributed by atoms with Gasteiger partial charge in [0.25, 0.3) is 0 Å². The monoisotopic (exact) mass is 263 g/mol. The normalized spacial score (nSPS) is 12.9. The van der Waals surface area contributed by atoms with Crippen molar-refractivity contribution in [1.82, 2.24) is 5.32 Å². The van der Waals surface area contributed by atoms with E-state index >= 15 is 0 Å². The van der Waals surface area contributed by atoms with Crippen LogP contribution in [0.3, 0.4) is 0 Å². The van der Waals surface area contributed by atoms with Crippen molar-refractivity contribution in [3.63, 3.8) is 0 Å². The number of nitrogens with one attached hydrogen (secondary N) is 1. The SMILES string of the molecule is CCCC(=O)NCC(=O)c1ccc2c(c1)OCCO2. The molecule has 1 aliphatic heterocycles. The lowest BCUT2D eigenvalue weighted by Gasteiger charge is -2.18. The van der Waals surface area contributed by atoms with Gasteiger partial charge in [0.2, 0.25) is 5.91 Å². The maximum atomic E-state index is 11.9. The third-order valence-corrected chi connectivity index (χ3v) is 2.79. The summed E-state index contributed by atoms with van der Waals surface area (Å²) in [5, 5.41) is 2.60. The molecule has 0 saturated heterocycles. The average Bonchev–Trinajstić information content (AvgIpc) is 2.44. The van der Waals surface area contributed by atoms with Crippen LogP contribution in [0.1, 0.15) is 30.1 Å². The summed E-state index contributed by atoms with van der Waals surface area (Å²) < 4.78 is 10.8. The zero-order valence-corrected chi connectivity index (χ0v) is 10.9. The van der Waals surface area contributed by atoms with Crippen LogP contribution in [0.4, 0.5) is 0 Å². The molecule has 102 valence electrons. The van der Waals surface area contributed by atoms with Gasteiger partial charge in [0.1, 0.15) is 13.2 Å². The Hall–Kier alpha value is -2.04. The molecule has 1 N–H and O–H groups in total. The molecule has 0 aliphatic carbocycles. The first-order chi connectivity index (χ1) is 9.20. The van der Waals surface area contributed by atoms with Crippen LogP contribution in [-0.4, -0.2) is 31.4 Å². The summed E-state index contributed by atoms with van der Waals surface area (Å²) in [7, 11) is 0. The van der Waals surface area contributed by atoms with Crippen molar-refractivity contribution in [2.24, 2.45) is 0 Å². The van der Waals surface area contributed by atoms with Crippen LogP contribution in [0.25, 0.3) is 0 Å². The van der Waals surface area contributed by atoms with E-state index < -0.39 is 0 Å². The standard InChI is InChI=1S/C14H17NO4/c1-2-3-14(17)15-9-11(16)10-4-5-12-13(8-10)19-7-6-18-12/h4-5,8H,2-3,6-7,9H2,1H3,(H,15,17). The number of amides is 1. The fourth-order valence-electron chi connectivity index (χ4n) is 1.81. The number of Topliss-reactive ketones (excluding diaryl/α,β-unsaturated/α-hetero) is 1. The van der Waals surface area contributed by atoms with Crippen molar-refractivity contribution in [1.29, 1.82) is 0 Å². The van der Waals surface area contributed by atoms with Gasteiger partial charge >= 0.3 is 0 Å². The molecule has 0 atom stereocenters. The van der Waals surface area contributed by atoms with Crippen LogP contribution in [-0.2, 0) is 4.79 Å². The molecule has 5 nitrogen and oxygen atoms in total. The Morgan fingerprint density at radius 2 is 1.95 bits per heavy atom. The Labute approximate surface area is 111 Å². The maximum absolute atomic E-state index is 11.9. The summed E-state index contributed by atoms with van der Waals surface area (Å²) in [4.78, 5) is 23.2. The molecule has 1 aromatic carbocycles. The topological polar surface area (TPSA) is 64.6 Å². The molecule has 0 spiro atoms. The molecule has 0 bridgehead atoms. The Balaban J connectivity index is 1.97. The minimum atomic E-state index is -0.138. The van der Waals surface area contributed by atoms with Gasteiger partial charge in [-0.25, -0.2) is 0 Å². The van der Waals surface area contributed by atoms with Crippen molar-refractivity contribution in [2.75, 3.05) is 19.8 Å². The molecule has 1 aliphatic rings. The lowest BCUT2D eigenvalue weighted by molar-refractivity contribution is -0.120. The van der Waals surface area contributed by atoms with Crippen LogP contribution in [0.15, 0.2) is 18.2 Å². The highest BCUT2D eigenvalue weighted by Gasteiger charge is 2.15. The van der Waals surface area contributed by atoms with Crippen molar-refractivity contribution >= 4 is 11.7 Å². The second kappa shape index (κ2) is 6.22. The maximum Gasteiger partial charge on any atom is 0.220 e. The third-order valence-electron chi connectivity index (χ3n) is 2.79. The molecule has 0 unspecified atom stereocenters. The highest BCUT2D eigenvalue weighted by atomic mass is 16.6. The molecule has 2 rings (SSSR count). The van der Waals surface area contributed by atoms with E-state index in [1.807, 2.05) is 6.92 Å². The highest BCUT2D eigenvalue weighted by Crippen LogP contribution is 2.30. The van der Waals surface area contributed by atoms with E-state index in [1.165, 1.54) is 0 Å². The zero-order valence-electron chi connectivity index (χ0n) is 10.9. The minimum absolute atomic E-state index is 0.0124. The van der Waals surface area contributed by atoms with Crippen molar-refractivity contribution in [3.8, 4) is 11.5 Å². The predicted molar refractivity (Wildman–Crippen MR) is 69.7 cm³/mol. The summed E-state index contributed by atoms with van der Waals surface area (Å²) in [6, 6.07) is 5.06. The number of carbonyl (C=O) groups excluding carboxylic acids is 2. The van der Waals surface area contributed by atoms with Gasteiger partial charge in [-0.2, -0.15) is 0 Å². The van der Waals surface area contributed by atoms with Crippen LogP contribution in [0, 0.1) is 0 Å². The number of carbonyl (C=O) groups is 2. The first-order valence-electron chi connectivity index (χ1n) is 6.40. The van der Waals surface area contributed by atoms with Crippen molar-refractivity contribution < 1.29 is 19.1 Å². The van der Waals surface area contributed by atoms with Gasteiger partial charge in [-0.3, -0.25) is 9.59 Å². The third kappa shape index (κ3) is 3.47. The lowest BCUT2D eigenvalue weighted by atomic mass is 10.1. The summed E-state index contributed by atoms with van der Waals surface area (Å²) in [5.41, 5.74) is 0.515. The molecule has 0 radical (unpaired) electrons. The fraction of sp³-hybridized carbons (Fsp3) is 0.429. The molecular formula is C14H17NO4. The molecule has 0 saturated carbocycles. The highest BCUT2D eigenvalue weighted by molar-refractivity contribution is 5.99. The van der Waals surface area contributed by atoms with E-state index in [0.29, 0.717) is 36.7 Å². The van der Waals surface area contributed by atoms with Gasteiger partial charge in [-0.05, 0) is 24.6 Å². The molecule has 1 aromatic rings. The average molecular weight is 263 g/mol. The van der Waals surface area contributed by atoms with Crippen LogP contribution < -0.4 is 14.8 Å². The summed E-state index contributed by atoms with van der Waals surface area (Å²) in [6.45, 7) is 2.94. The second-order valence-corrected chi connectivity index (χ2v) is 4.31. The fourth-order valence-corrected chi connectivity index (χ4v) is 1.81. The van der Waals surface area contributed by atoms with Crippen molar-refractivity contribution in [3.05, 3.63) is 23.8 Å². The number of rotatable bonds is 5. The van der Waals surface area contributed by atoms with Crippen LogP contribution in [0.2, 0.25) is 0 Å². The smallest absolute Gasteiger partial charge is 0.220 e. The molecular weight excluding hydrogens is 246 g/mol. The van der Waals surface area contributed by atoms with Gasteiger partial charge in [-0.1, -0.05) is 6.92 Å². The van der Waals surface area contributed by atoms with E-state index in [2.05, 4.69) is 5.32 Å². The largest absolute Gasteiger partial charge is 0.486 e. The molecule has 0 aromatic heterocycles. The van der Waals surface area contributed by atoms with Crippen LogP contribution in [0.5, 0.6) is 11.5 Å². The summed E-state index contributed by atoms with van der Waals surface area (Å²) in [6.07, 6.45) is 1.21. The van der Waals surface area contributed by atoms with E-state index in [0.717, 1.165) is 6.42 Å². The van der Waals surface area contributed by atoms with E-state index in [4.69, 9.17) is 9.47 Å². The number of hydrogen-bond acceptors (Lipinski definition) is 4. The Kier molecular flexibility index (Phi) is 4.39. The van der Waals surface area contributed by atoms with Crippen molar-refractivity contribution in [2.45, 2.75) is 19.8 Å². The minimum Gasteiger partial charge on any atom is -0.486 e. The number of hydrogen-bond donors (Lipinski definition) is 1. The number of ketones is 1. The van der Waals surface area contributed by atoms with Gasteiger partial charge in [0.05, 0.1) is 6.54 Å². The Morgan fingerprint density at radius 3 is 2.68 bits per heavy atom. The van der Waals surface area contributed by atoms with Gasteiger partial charge in [-0.15, -0.1) is 0 Å². The molecule has 5 heteroatoms. The lowest BCUT2D eigenvalue weighted by Crippen LogP contribution is -2.29. The molecule has 1 amide bonds. The Morgan fingerprint density at radius 1 is 1.21 bits per heavy atom. The first-order valence-corrected chi connectivity index (χ1v) is 6.40. The summed E-state index contributed by atoms with van der Waals surface area (Å²) in [5.74, 6) is 0.990.